The fourth-order valence-corrected chi connectivity index (χ4v) is 8.28. The summed E-state index contributed by atoms with van der Waals surface area (Å²) in [6.07, 6.45) is -0.256. The number of amides is 11. The molecule has 1 saturated heterocycles. The van der Waals surface area contributed by atoms with Crippen LogP contribution in [0.15, 0.2) is 54.6 Å². The molecule has 17 N–H and O–H groups in total. The van der Waals surface area contributed by atoms with Gasteiger partial charge in [0, 0.05) is 36.3 Å². The lowest BCUT2D eigenvalue weighted by molar-refractivity contribution is -0.142. The first-order valence-electron chi connectivity index (χ1n) is 24.6. The molecule has 0 unspecified atom stereocenters. The van der Waals surface area contributed by atoms with Gasteiger partial charge in [0.25, 0.3) is 0 Å². The predicted molar refractivity (Wildman–Crippen MR) is 285 cm³/mol. The maximum atomic E-state index is 14.4. The Bertz CT molecular complexity index is 2360. The number of likely N-dealkylation sites (tertiary alicyclic amines) is 1. The largest absolute Gasteiger partial charge is 0.497 e. The van der Waals surface area contributed by atoms with Crippen molar-refractivity contribution in [2.45, 2.75) is 131 Å². The lowest BCUT2D eigenvalue weighted by atomic mass is 9.99. The van der Waals surface area contributed by atoms with E-state index in [1.54, 1.807) is 68.4 Å². The highest BCUT2D eigenvalue weighted by atomic mass is 32.1. The number of nitrogens with two attached hydrogens (primary N) is 5. The van der Waals surface area contributed by atoms with Crippen LogP contribution in [-0.4, -0.2) is 155 Å². The number of hydrogen-bond acceptors (Lipinski definition) is 16. The van der Waals surface area contributed by atoms with Gasteiger partial charge in [-0.05, 0) is 82.2 Å². The van der Waals surface area contributed by atoms with Crippen molar-refractivity contribution in [3.05, 3.63) is 65.7 Å². The van der Waals surface area contributed by atoms with Crippen LogP contribution in [0.5, 0.6) is 5.75 Å². The number of carbonyl (C=O) groups is 11. The van der Waals surface area contributed by atoms with Crippen molar-refractivity contribution in [2.75, 3.05) is 32.5 Å². The van der Waals surface area contributed by atoms with E-state index >= 15 is 0 Å². The van der Waals surface area contributed by atoms with Crippen LogP contribution >= 0.6 is 25.3 Å². The summed E-state index contributed by atoms with van der Waals surface area (Å²) in [7, 11) is 1.48. The monoisotopic (exact) mass is 1100 g/mol. The van der Waals surface area contributed by atoms with E-state index < -0.39 is 144 Å². The van der Waals surface area contributed by atoms with E-state index in [-0.39, 0.29) is 38.0 Å². The summed E-state index contributed by atoms with van der Waals surface area (Å²) < 4.78 is 4.24. The van der Waals surface area contributed by atoms with Crippen molar-refractivity contribution in [1.29, 1.82) is 0 Å². The van der Waals surface area contributed by atoms with Crippen LogP contribution < -0.4 is 70.6 Å². The standard InChI is InChI=1S/C49H73N13O12S2/c1-49(2,76)40(54)47(72)60-33(23-28-14-16-29(74-3)17-15-28)44(69)58-32(22-27-10-5-4-6-11-27)43(68)56-31(18-19-37(51)63)42(67)59-34(24-38(52)64)45(70)61-35(26-75)48(73)62-21-9-13-36(62)46(71)57-30(12-7-8-20-50)41(66)55-25-39(53)65/h4-6,10-11,14-17,30-36,40,75-76H,7-9,12-13,18-26,50,54H2,1-3H3,(H2,51,63)(H2,52,64)(H2,53,65)(H,55,66)(H,56,68)(H,57,71)(H,58,69)(H,59,67)(H,60,72)(H,61,70)/t30-,31-,32-,33-,34-,35-,36-,40-/m0/s1. The van der Waals surface area contributed by atoms with Crippen LogP contribution in [0, 0.1) is 0 Å². The molecule has 76 heavy (non-hydrogen) atoms. The lowest BCUT2D eigenvalue weighted by Gasteiger charge is -2.30. The van der Waals surface area contributed by atoms with Crippen LogP contribution in [0.1, 0.15) is 76.3 Å². The molecular weight excluding hydrogens is 1030 g/mol. The number of carbonyl (C=O) groups excluding carboxylic acids is 11. The van der Waals surface area contributed by atoms with Crippen molar-refractivity contribution >= 4 is 90.2 Å². The second-order valence-electron chi connectivity index (χ2n) is 18.8. The second kappa shape index (κ2) is 31.2. The number of primary amides is 3. The minimum absolute atomic E-state index is 0.0672. The quantitative estimate of drug-likeness (QED) is 0.0247. The van der Waals surface area contributed by atoms with Crippen molar-refractivity contribution in [3.8, 4) is 5.75 Å². The second-order valence-corrected chi connectivity index (χ2v) is 20.3. The molecule has 11 amide bonds. The van der Waals surface area contributed by atoms with E-state index in [2.05, 4.69) is 62.5 Å². The number of methoxy groups -OCH3 is 1. The zero-order valence-electron chi connectivity index (χ0n) is 42.8. The highest BCUT2D eigenvalue weighted by Crippen LogP contribution is 2.21. The molecule has 25 nitrogen and oxygen atoms in total. The molecule has 2 aromatic rings. The number of thiol groups is 2. The lowest BCUT2D eigenvalue weighted by Crippen LogP contribution is -2.61. The number of benzene rings is 2. The molecule has 0 spiro atoms. The fraction of sp³-hybridized carbons (Fsp3) is 0.531. The Hall–Kier alpha value is -6.97. The fourth-order valence-electron chi connectivity index (χ4n) is 7.92. The van der Waals surface area contributed by atoms with Crippen LogP contribution in [0.3, 0.4) is 0 Å². The van der Waals surface area contributed by atoms with E-state index in [0.717, 1.165) is 0 Å². The maximum absolute atomic E-state index is 14.4. The molecular formula is C49H73N13O12S2. The minimum atomic E-state index is -1.78. The van der Waals surface area contributed by atoms with Crippen molar-refractivity contribution in [3.63, 3.8) is 0 Å². The summed E-state index contributed by atoms with van der Waals surface area (Å²) in [6.45, 7) is 3.15. The molecule has 3 rings (SSSR count). The summed E-state index contributed by atoms with van der Waals surface area (Å²) in [4.78, 5) is 148. The van der Waals surface area contributed by atoms with Gasteiger partial charge in [-0.3, -0.25) is 52.7 Å². The van der Waals surface area contributed by atoms with Gasteiger partial charge in [-0.15, -0.1) is 0 Å². The molecule has 1 aliphatic heterocycles. The van der Waals surface area contributed by atoms with E-state index in [4.69, 9.17) is 33.4 Å². The summed E-state index contributed by atoms with van der Waals surface area (Å²) >= 11 is 8.68. The van der Waals surface area contributed by atoms with Crippen LogP contribution in [0.2, 0.25) is 0 Å². The number of unbranched alkanes of at least 4 members (excludes halogenated alkanes) is 1. The van der Waals surface area contributed by atoms with Crippen LogP contribution in [-0.2, 0) is 65.6 Å². The molecule has 27 heteroatoms. The van der Waals surface area contributed by atoms with Gasteiger partial charge in [0.15, 0.2) is 0 Å². The van der Waals surface area contributed by atoms with Crippen molar-refractivity contribution < 1.29 is 57.5 Å². The SMILES string of the molecule is COc1ccc(C[C@H](NC(=O)[C@H](N)C(C)(C)S)C(=O)N[C@@H](Cc2ccccc2)C(=O)N[C@@H](CCC(N)=O)C(=O)N[C@@H](CC(N)=O)C(=O)N[C@@H](CS)C(=O)N2CCC[C@H]2C(=O)N[C@@H](CCCCN)C(=O)NCC(N)=O)cc1. The highest BCUT2D eigenvalue weighted by Gasteiger charge is 2.40. The normalized spacial score (nSPS) is 15.9. The Kier molecular flexibility index (Phi) is 26.0. The van der Waals surface area contributed by atoms with Crippen LogP contribution in [0.4, 0.5) is 0 Å². The number of ether oxygens (including phenoxy) is 1. The molecule has 2 aromatic carbocycles. The van der Waals surface area contributed by atoms with Gasteiger partial charge in [0.2, 0.25) is 65.0 Å². The topological polar surface area (TPSA) is 415 Å². The first kappa shape index (κ1) is 63.3. The smallest absolute Gasteiger partial charge is 0.246 e. The molecule has 418 valence electrons. The highest BCUT2D eigenvalue weighted by molar-refractivity contribution is 7.81. The Labute approximate surface area is 451 Å². The molecule has 1 aliphatic rings. The third kappa shape index (κ3) is 21.0. The van der Waals surface area contributed by atoms with Gasteiger partial charge >= 0.3 is 0 Å². The molecule has 0 aliphatic carbocycles. The Morgan fingerprint density at radius 2 is 1.18 bits per heavy atom. The molecule has 0 aromatic heterocycles. The van der Waals surface area contributed by atoms with E-state index in [1.807, 2.05) is 0 Å². The zero-order valence-corrected chi connectivity index (χ0v) is 44.6. The van der Waals surface area contributed by atoms with Gasteiger partial charge in [0.1, 0.15) is 48.0 Å². The van der Waals surface area contributed by atoms with Gasteiger partial charge < -0.3 is 75.5 Å². The van der Waals surface area contributed by atoms with Crippen LogP contribution in [0.25, 0.3) is 0 Å². The third-order valence-electron chi connectivity index (χ3n) is 12.2. The van der Waals surface area contributed by atoms with Crippen molar-refractivity contribution in [2.24, 2.45) is 28.7 Å². The number of nitrogens with zero attached hydrogens (tertiary/aromatic N) is 1. The molecule has 1 fully saturated rings. The van der Waals surface area contributed by atoms with Gasteiger partial charge in [0.05, 0.1) is 26.1 Å². The Balaban J connectivity index is 1.89. The van der Waals surface area contributed by atoms with Gasteiger partial charge in [-0.25, -0.2) is 0 Å². The molecule has 0 bridgehead atoms. The van der Waals surface area contributed by atoms with E-state index in [9.17, 15) is 52.7 Å². The first-order valence-corrected chi connectivity index (χ1v) is 25.7. The summed E-state index contributed by atoms with van der Waals surface area (Å²) in [5, 5.41) is 17.7. The summed E-state index contributed by atoms with van der Waals surface area (Å²) in [5.41, 5.74) is 29.1. The predicted octanol–water partition coefficient (Wildman–Crippen LogP) is -3.78. The summed E-state index contributed by atoms with van der Waals surface area (Å²) in [6, 6.07) is 4.16. The zero-order chi connectivity index (χ0) is 56.7. The van der Waals surface area contributed by atoms with E-state index in [1.165, 1.54) is 12.0 Å². The number of nitrogens with one attached hydrogen (secondary N) is 7. The Morgan fingerprint density at radius 1 is 0.658 bits per heavy atom. The first-order chi connectivity index (χ1) is 35.9. The van der Waals surface area contributed by atoms with Gasteiger partial charge in [-0.1, -0.05) is 42.5 Å². The molecule has 1 heterocycles. The molecule has 8 atom stereocenters. The number of rotatable bonds is 32. The maximum Gasteiger partial charge on any atom is 0.246 e. The Morgan fingerprint density at radius 3 is 1.72 bits per heavy atom. The number of hydrogen-bond donors (Lipinski definition) is 14. The minimum Gasteiger partial charge on any atom is -0.497 e. The van der Waals surface area contributed by atoms with Crippen molar-refractivity contribution in [1.82, 2.24) is 42.1 Å². The van der Waals surface area contributed by atoms with E-state index in [0.29, 0.717) is 42.7 Å². The molecule has 0 saturated carbocycles. The summed E-state index contributed by atoms with van der Waals surface area (Å²) in [5.74, 6) is -9.33. The van der Waals surface area contributed by atoms with Gasteiger partial charge in [-0.2, -0.15) is 25.3 Å². The third-order valence-corrected chi connectivity index (χ3v) is 12.8. The molecule has 0 radical (unpaired) electrons. The average Bonchev–Trinajstić information content (AvgIpc) is 3.87. The average molecular weight is 1100 g/mol.